The van der Waals surface area contributed by atoms with E-state index in [0.717, 1.165) is 11.3 Å². The molecule has 1 aliphatic rings. The summed E-state index contributed by atoms with van der Waals surface area (Å²) in [5.41, 5.74) is 2.89. The molecule has 8 nitrogen and oxygen atoms in total. The van der Waals surface area contributed by atoms with E-state index in [2.05, 4.69) is 15.4 Å². The zero-order valence-electron chi connectivity index (χ0n) is 15.3. The molecule has 0 aliphatic carbocycles. The molecule has 8 heteroatoms. The van der Waals surface area contributed by atoms with Gasteiger partial charge in [-0.05, 0) is 19.4 Å². The first kappa shape index (κ1) is 18.6. The van der Waals surface area contributed by atoms with Crippen molar-refractivity contribution >= 4 is 11.8 Å². The zero-order valence-corrected chi connectivity index (χ0v) is 15.3. The Morgan fingerprint density at radius 1 is 1.11 bits per heavy atom. The van der Waals surface area contributed by atoms with E-state index in [4.69, 9.17) is 14.7 Å². The fourth-order valence-electron chi connectivity index (χ4n) is 2.72. The lowest BCUT2D eigenvalue weighted by molar-refractivity contribution is 0.0863. The molecule has 0 bridgehead atoms. The van der Waals surface area contributed by atoms with Gasteiger partial charge in [0.2, 0.25) is 5.88 Å². The van der Waals surface area contributed by atoms with E-state index in [1.807, 2.05) is 38.1 Å². The molecule has 1 aliphatic heterocycles. The van der Waals surface area contributed by atoms with E-state index >= 15 is 0 Å². The Balaban J connectivity index is 1.52. The number of aromatic nitrogens is 2. The average molecular weight is 370 g/mol. The highest BCUT2D eigenvalue weighted by Gasteiger charge is 2.23. The third-order valence-electron chi connectivity index (χ3n) is 4.36. The molecule has 142 valence electrons. The van der Waals surface area contributed by atoms with Crippen LogP contribution in [0.25, 0.3) is 0 Å². The van der Waals surface area contributed by atoms with E-state index in [1.165, 1.54) is 10.5 Å². The van der Waals surface area contributed by atoms with Crippen molar-refractivity contribution < 1.29 is 19.5 Å². The summed E-state index contributed by atoms with van der Waals surface area (Å²) in [6, 6.07) is 11.3. The van der Waals surface area contributed by atoms with Crippen molar-refractivity contribution in [3.8, 4) is 11.8 Å². The number of nitrogens with zero attached hydrogens (tertiary/aromatic N) is 4. The summed E-state index contributed by atoms with van der Waals surface area (Å²) in [5.74, 6) is 0.657. The molecule has 0 spiro atoms. The van der Waals surface area contributed by atoms with Gasteiger partial charge in [0.15, 0.2) is 0 Å². The highest BCUT2D eigenvalue weighted by atomic mass is 16.6. The molecular weight excluding hydrogens is 348 g/mol. The van der Waals surface area contributed by atoms with Crippen LogP contribution in [0, 0.1) is 6.92 Å². The van der Waals surface area contributed by atoms with Gasteiger partial charge in [-0.25, -0.2) is 4.79 Å². The van der Waals surface area contributed by atoms with Crippen LogP contribution in [0.4, 0.5) is 4.79 Å². The number of hydrogen-bond acceptors (Lipinski definition) is 6. The second-order valence-electron chi connectivity index (χ2n) is 6.43. The van der Waals surface area contributed by atoms with Crippen LogP contribution in [0.1, 0.15) is 30.9 Å². The van der Waals surface area contributed by atoms with Crippen molar-refractivity contribution in [3.63, 3.8) is 0 Å². The van der Waals surface area contributed by atoms with Crippen LogP contribution in [0.5, 0.6) is 11.8 Å². The fraction of sp³-hybridized carbons (Fsp3) is 0.368. The van der Waals surface area contributed by atoms with E-state index in [0.29, 0.717) is 31.8 Å². The minimum absolute atomic E-state index is 0.0662. The lowest BCUT2D eigenvalue weighted by atomic mass is 10.1. The largest absolute Gasteiger partial charge is 0.473 e. The maximum absolute atomic E-state index is 10.9. The van der Waals surface area contributed by atoms with Crippen LogP contribution in [0.15, 0.2) is 41.6 Å². The van der Waals surface area contributed by atoms with Gasteiger partial charge in [-0.15, -0.1) is 10.2 Å². The number of rotatable bonds is 5. The number of amides is 1. The first-order valence-corrected chi connectivity index (χ1v) is 8.78. The predicted octanol–water partition coefficient (Wildman–Crippen LogP) is 3.11. The number of hydrogen-bond donors (Lipinski definition) is 1. The number of piperidine rings is 1. The standard InChI is InChI=1S/C19H22N4O4/c1-13-3-5-15(6-4-13)14(2)22-27-18-8-7-17(20-21-18)26-16-9-11-23(12-10-16)19(24)25/h3-8,16H,9-12H2,1-2H3,(H,24,25)/b22-14-. The number of likely N-dealkylation sites (tertiary alicyclic amines) is 1. The quantitative estimate of drug-likeness (QED) is 0.642. The molecule has 1 aromatic carbocycles. The average Bonchev–Trinajstić information content (AvgIpc) is 2.68. The second-order valence-corrected chi connectivity index (χ2v) is 6.43. The van der Waals surface area contributed by atoms with Crippen LogP contribution < -0.4 is 9.57 Å². The monoisotopic (exact) mass is 370 g/mol. The summed E-state index contributed by atoms with van der Waals surface area (Å²) < 4.78 is 5.76. The number of benzene rings is 1. The molecular formula is C19H22N4O4. The topological polar surface area (TPSA) is 97.1 Å². The third kappa shape index (κ3) is 5.16. The molecule has 1 fully saturated rings. The summed E-state index contributed by atoms with van der Waals surface area (Å²) in [5, 5.41) is 21.0. The maximum atomic E-state index is 10.9. The summed E-state index contributed by atoms with van der Waals surface area (Å²) in [6.07, 6.45) is 0.304. The Kier molecular flexibility index (Phi) is 5.85. The highest BCUT2D eigenvalue weighted by molar-refractivity contribution is 5.98. The predicted molar refractivity (Wildman–Crippen MR) is 99.3 cm³/mol. The first-order chi connectivity index (χ1) is 13.0. The summed E-state index contributed by atoms with van der Waals surface area (Å²) >= 11 is 0. The van der Waals surface area contributed by atoms with E-state index < -0.39 is 6.09 Å². The summed E-state index contributed by atoms with van der Waals surface area (Å²) in [6.45, 7) is 4.81. The molecule has 3 rings (SSSR count). The van der Waals surface area contributed by atoms with Crippen molar-refractivity contribution in [1.82, 2.24) is 15.1 Å². The maximum Gasteiger partial charge on any atom is 0.407 e. The van der Waals surface area contributed by atoms with Gasteiger partial charge in [-0.3, -0.25) is 0 Å². The van der Waals surface area contributed by atoms with Gasteiger partial charge in [0, 0.05) is 38.1 Å². The Morgan fingerprint density at radius 2 is 1.74 bits per heavy atom. The Bertz CT molecular complexity index is 797. The lowest BCUT2D eigenvalue weighted by Crippen LogP contribution is -2.41. The SMILES string of the molecule is C/C(=N/Oc1ccc(OC2CCN(C(=O)O)CC2)nn1)c1ccc(C)cc1. The van der Waals surface area contributed by atoms with Gasteiger partial charge < -0.3 is 19.6 Å². The first-order valence-electron chi connectivity index (χ1n) is 8.78. The number of ether oxygens (including phenoxy) is 1. The number of aryl methyl sites for hydroxylation is 1. The molecule has 1 N–H and O–H groups in total. The van der Waals surface area contributed by atoms with Crippen molar-refractivity contribution in [2.24, 2.45) is 5.16 Å². The number of oxime groups is 1. The zero-order chi connectivity index (χ0) is 19.2. The molecule has 1 aromatic heterocycles. The van der Waals surface area contributed by atoms with Crippen molar-refractivity contribution in [1.29, 1.82) is 0 Å². The van der Waals surface area contributed by atoms with Crippen LogP contribution in [-0.2, 0) is 0 Å². The molecule has 0 radical (unpaired) electrons. The van der Waals surface area contributed by atoms with Gasteiger partial charge in [0.05, 0.1) is 5.71 Å². The summed E-state index contributed by atoms with van der Waals surface area (Å²) in [4.78, 5) is 17.6. The second kappa shape index (κ2) is 8.48. The number of carbonyl (C=O) groups is 1. The molecule has 27 heavy (non-hydrogen) atoms. The molecule has 0 unspecified atom stereocenters. The Hall–Kier alpha value is -3.16. The van der Waals surface area contributed by atoms with Crippen molar-refractivity contribution in [2.75, 3.05) is 13.1 Å². The highest BCUT2D eigenvalue weighted by Crippen LogP contribution is 2.18. The van der Waals surface area contributed by atoms with Crippen LogP contribution in [0.2, 0.25) is 0 Å². The van der Waals surface area contributed by atoms with Gasteiger partial charge in [-0.1, -0.05) is 35.0 Å². The molecule has 0 atom stereocenters. The summed E-state index contributed by atoms with van der Waals surface area (Å²) in [7, 11) is 0. The Morgan fingerprint density at radius 3 is 2.33 bits per heavy atom. The van der Waals surface area contributed by atoms with Crippen LogP contribution >= 0.6 is 0 Å². The minimum Gasteiger partial charge on any atom is -0.473 e. The van der Waals surface area contributed by atoms with E-state index in [-0.39, 0.29) is 12.0 Å². The molecule has 2 heterocycles. The third-order valence-corrected chi connectivity index (χ3v) is 4.36. The van der Waals surface area contributed by atoms with E-state index in [1.54, 1.807) is 12.1 Å². The van der Waals surface area contributed by atoms with Crippen molar-refractivity contribution in [2.45, 2.75) is 32.8 Å². The van der Waals surface area contributed by atoms with Crippen LogP contribution in [-0.4, -0.2) is 51.2 Å². The number of carboxylic acid groups (broad SMARTS) is 1. The van der Waals surface area contributed by atoms with Crippen molar-refractivity contribution in [3.05, 3.63) is 47.5 Å². The van der Waals surface area contributed by atoms with Crippen LogP contribution in [0.3, 0.4) is 0 Å². The van der Waals surface area contributed by atoms with Gasteiger partial charge in [0.25, 0.3) is 5.88 Å². The minimum atomic E-state index is -0.892. The smallest absolute Gasteiger partial charge is 0.407 e. The molecule has 1 saturated heterocycles. The Labute approximate surface area is 157 Å². The molecule has 2 aromatic rings. The fourth-order valence-corrected chi connectivity index (χ4v) is 2.72. The van der Waals surface area contributed by atoms with E-state index in [9.17, 15) is 4.79 Å². The van der Waals surface area contributed by atoms with Gasteiger partial charge in [0.1, 0.15) is 6.10 Å². The lowest BCUT2D eigenvalue weighted by Gasteiger charge is -2.29. The van der Waals surface area contributed by atoms with Gasteiger partial charge in [-0.2, -0.15) is 0 Å². The normalized spacial score (nSPS) is 15.5. The molecule has 0 saturated carbocycles. The molecule has 1 amide bonds. The van der Waals surface area contributed by atoms with Gasteiger partial charge >= 0.3 is 6.09 Å².